The van der Waals surface area contributed by atoms with Gasteiger partial charge in [-0.05, 0) is 48.5 Å². The van der Waals surface area contributed by atoms with E-state index in [1.165, 1.54) is 12.4 Å². The number of benzene rings is 2. The van der Waals surface area contributed by atoms with Crippen molar-refractivity contribution < 1.29 is 13.2 Å². The summed E-state index contributed by atoms with van der Waals surface area (Å²) in [6, 6.07) is 20.7. The van der Waals surface area contributed by atoms with Crippen LogP contribution in [0, 0.1) is 0 Å². The first-order chi connectivity index (χ1) is 15.6. The summed E-state index contributed by atoms with van der Waals surface area (Å²) in [5.74, 6) is 1.56. The Morgan fingerprint density at radius 1 is 0.844 bits per heavy atom. The molecule has 3 aromatic heterocycles. The highest BCUT2D eigenvalue weighted by Gasteiger charge is 2.18. The third kappa shape index (κ3) is 4.01. The van der Waals surface area contributed by atoms with Gasteiger partial charge in [0.05, 0.1) is 5.52 Å². The fourth-order valence-electron chi connectivity index (χ4n) is 3.23. The fraction of sp³-hybridized carbons (Fsp3) is 0. The molecule has 0 unspecified atom stereocenters. The summed E-state index contributed by atoms with van der Waals surface area (Å²) in [4.78, 5) is 12.7. The lowest BCUT2D eigenvalue weighted by Gasteiger charge is -2.11. The molecule has 158 valence electrons. The number of aromatic nitrogens is 4. The van der Waals surface area contributed by atoms with Crippen molar-refractivity contribution in [2.24, 2.45) is 0 Å². The van der Waals surface area contributed by atoms with E-state index in [4.69, 9.17) is 4.74 Å². The van der Waals surface area contributed by atoms with Crippen molar-refractivity contribution in [2.45, 2.75) is 4.90 Å². The molecule has 8 nitrogen and oxygen atoms in total. The lowest BCUT2D eigenvalue weighted by Crippen LogP contribution is -2.13. The van der Waals surface area contributed by atoms with Gasteiger partial charge in [-0.15, -0.1) is 0 Å². The Morgan fingerprint density at radius 3 is 2.44 bits per heavy atom. The minimum atomic E-state index is -3.82. The molecule has 0 fully saturated rings. The highest BCUT2D eigenvalue weighted by atomic mass is 32.2. The summed E-state index contributed by atoms with van der Waals surface area (Å²) in [5.41, 5.74) is 0.825. The standard InChI is InChI=1S/C23H17N5O3S/c29-32(30,20-7-3-5-17-6-4-12-24-23(17)20)27-18-8-10-19(11-9-18)31-22-15-21(25-16-26-22)28-13-1-2-14-28/h1-16,27H. The number of fused-ring (bicyclic) bond motifs is 1. The topological polar surface area (TPSA) is 99.0 Å². The normalized spacial score (nSPS) is 11.4. The predicted molar refractivity (Wildman–Crippen MR) is 120 cm³/mol. The van der Waals surface area contributed by atoms with Crippen LogP contribution in [-0.4, -0.2) is 27.9 Å². The van der Waals surface area contributed by atoms with Gasteiger partial charge in [0, 0.05) is 35.7 Å². The van der Waals surface area contributed by atoms with Gasteiger partial charge in [-0.1, -0.05) is 18.2 Å². The second kappa shape index (κ2) is 8.12. The van der Waals surface area contributed by atoms with Gasteiger partial charge in [-0.25, -0.2) is 18.4 Å². The Balaban J connectivity index is 1.34. The van der Waals surface area contributed by atoms with Crippen LogP contribution in [0.3, 0.4) is 0 Å². The van der Waals surface area contributed by atoms with Crippen LogP contribution in [0.15, 0.2) is 103 Å². The molecule has 0 aliphatic carbocycles. The van der Waals surface area contributed by atoms with Crippen LogP contribution in [0.4, 0.5) is 5.69 Å². The van der Waals surface area contributed by atoms with Gasteiger partial charge < -0.3 is 9.30 Å². The van der Waals surface area contributed by atoms with E-state index in [1.54, 1.807) is 48.7 Å². The molecule has 0 aliphatic heterocycles. The zero-order valence-electron chi connectivity index (χ0n) is 16.7. The molecule has 0 saturated heterocycles. The van der Waals surface area contributed by atoms with Crippen LogP contribution in [0.2, 0.25) is 0 Å². The summed E-state index contributed by atoms with van der Waals surface area (Å²) in [6.45, 7) is 0. The minimum Gasteiger partial charge on any atom is -0.439 e. The van der Waals surface area contributed by atoms with Gasteiger partial charge in [0.1, 0.15) is 22.8 Å². The van der Waals surface area contributed by atoms with Crippen LogP contribution in [-0.2, 0) is 10.0 Å². The number of anilines is 1. The van der Waals surface area contributed by atoms with Crippen molar-refractivity contribution in [3.63, 3.8) is 0 Å². The van der Waals surface area contributed by atoms with Crippen molar-refractivity contribution in [1.29, 1.82) is 0 Å². The van der Waals surface area contributed by atoms with E-state index in [2.05, 4.69) is 19.7 Å². The summed E-state index contributed by atoms with van der Waals surface area (Å²) in [5, 5.41) is 0.753. The first-order valence-electron chi connectivity index (χ1n) is 9.68. The van der Waals surface area contributed by atoms with Gasteiger partial charge in [-0.3, -0.25) is 9.71 Å². The molecule has 0 amide bonds. The molecule has 0 bridgehead atoms. The SMILES string of the molecule is O=S(=O)(Nc1ccc(Oc2cc(-n3cccc3)ncn2)cc1)c1cccc2cccnc12. The average molecular weight is 443 g/mol. The molecular formula is C23H17N5O3S. The summed E-state index contributed by atoms with van der Waals surface area (Å²) >= 11 is 0. The zero-order chi connectivity index (χ0) is 22.0. The number of pyridine rings is 1. The maximum atomic E-state index is 12.9. The third-order valence-electron chi connectivity index (χ3n) is 4.71. The lowest BCUT2D eigenvalue weighted by atomic mass is 10.2. The highest BCUT2D eigenvalue weighted by Crippen LogP contribution is 2.26. The highest BCUT2D eigenvalue weighted by molar-refractivity contribution is 7.93. The van der Waals surface area contributed by atoms with E-state index in [9.17, 15) is 8.42 Å². The monoisotopic (exact) mass is 443 g/mol. The quantitative estimate of drug-likeness (QED) is 0.417. The van der Waals surface area contributed by atoms with E-state index in [-0.39, 0.29) is 4.90 Å². The molecule has 0 atom stereocenters. The van der Waals surface area contributed by atoms with Crippen molar-refractivity contribution in [3.8, 4) is 17.4 Å². The van der Waals surface area contributed by atoms with Gasteiger partial charge in [0.15, 0.2) is 0 Å². The van der Waals surface area contributed by atoms with E-state index in [0.29, 0.717) is 28.7 Å². The number of ether oxygens (including phenoxy) is 1. The number of para-hydroxylation sites is 1. The van der Waals surface area contributed by atoms with Gasteiger partial charge in [-0.2, -0.15) is 0 Å². The zero-order valence-corrected chi connectivity index (χ0v) is 17.5. The van der Waals surface area contributed by atoms with Crippen molar-refractivity contribution in [3.05, 3.63) is 97.7 Å². The Labute approximate surface area is 184 Å². The smallest absolute Gasteiger partial charge is 0.264 e. The Hall–Kier alpha value is -4.24. The molecule has 9 heteroatoms. The van der Waals surface area contributed by atoms with Crippen LogP contribution < -0.4 is 9.46 Å². The van der Waals surface area contributed by atoms with Gasteiger partial charge >= 0.3 is 0 Å². The molecule has 2 aromatic carbocycles. The second-order valence-corrected chi connectivity index (χ2v) is 8.52. The first-order valence-corrected chi connectivity index (χ1v) is 11.2. The van der Waals surface area contributed by atoms with Crippen molar-refractivity contribution in [1.82, 2.24) is 19.5 Å². The number of hydrogen-bond donors (Lipinski definition) is 1. The number of sulfonamides is 1. The maximum absolute atomic E-state index is 12.9. The predicted octanol–water partition coefficient (Wildman–Crippen LogP) is 4.41. The molecule has 5 rings (SSSR count). The summed E-state index contributed by atoms with van der Waals surface area (Å²) in [7, 11) is -3.82. The number of nitrogens with zero attached hydrogens (tertiary/aromatic N) is 4. The second-order valence-electron chi connectivity index (χ2n) is 6.87. The Bertz CT molecular complexity index is 1480. The van der Waals surface area contributed by atoms with Gasteiger partial charge in [0.25, 0.3) is 10.0 Å². The number of hydrogen-bond acceptors (Lipinski definition) is 6. The molecule has 0 radical (unpaired) electrons. The van der Waals surface area contributed by atoms with Crippen LogP contribution in [0.25, 0.3) is 16.7 Å². The summed E-state index contributed by atoms with van der Waals surface area (Å²) < 4.78 is 36.1. The third-order valence-corrected chi connectivity index (χ3v) is 6.12. The molecular weight excluding hydrogens is 426 g/mol. The number of rotatable bonds is 6. The summed E-state index contributed by atoms with van der Waals surface area (Å²) in [6.07, 6.45) is 6.74. The largest absolute Gasteiger partial charge is 0.439 e. The average Bonchev–Trinajstić information content (AvgIpc) is 3.35. The Kier molecular flexibility index (Phi) is 5.00. The minimum absolute atomic E-state index is 0.120. The molecule has 1 N–H and O–H groups in total. The molecule has 0 saturated carbocycles. The molecule has 5 aromatic rings. The van der Waals surface area contributed by atoms with Gasteiger partial charge in [0.2, 0.25) is 5.88 Å². The molecule has 0 spiro atoms. The van der Waals surface area contributed by atoms with E-state index in [0.717, 1.165) is 5.39 Å². The molecule has 0 aliphatic rings. The van der Waals surface area contributed by atoms with E-state index < -0.39 is 10.0 Å². The number of nitrogens with one attached hydrogen (secondary N) is 1. The van der Waals surface area contributed by atoms with Crippen LogP contribution >= 0.6 is 0 Å². The fourth-order valence-corrected chi connectivity index (χ4v) is 4.47. The maximum Gasteiger partial charge on any atom is 0.264 e. The van der Waals surface area contributed by atoms with E-state index in [1.807, 2.05) is 41.2 Å². The first kappa shape index (κ1) is 19.7. The molecule has 32 heavy (non-hydrogen) atoms. The van der Waals surface area contributed by atoms with Crippen molar-refractivity contribution in [2.75, 3.05) is 4.72 Å². The van der Waals surface area contributed by atoms with Crippen LogP contribution in [0.5, 0.6) is 11.6 Å². The van der Waals surface area contributed by atoms with E-state index >= 15 is 0 Å². The van der Waals surface area contributed by atoms with Crippen LogP contribution in [0.1, 0.15) is 0 Å². The lowest BCUT2D eigenvalue weighted by molar-refractivity contribution is 0.461. The van der Waals surface area contributed by atoms with Crippen molar-refractivity contribution >= 4 is 26.6 Å². The Morgan fingerprint density at radius 2 is 1.62 bits per heavy atom. The molecule has 3 heterocycles.